The van der Waals surface area contributed by atoms with Gasteiger partial charge in [-0.3, -0.25) is 5.21 Å². The minimum Gasteiger partial charge on any atom is -0.288 e. The molecule has 0 aliphatic carbocycles. The van der Waals surface area contributed by atoms with Crippen molar-refractivity contribution in [3.05, 3.63) is 41.3 Å². The van der Waals surface area contributed by atoms with Crippen molar-refractivity contribution < 1.29 is 5.21 Å². The summed E-state index contributed by atoms with van der Waals surface area (Å²) in [6.45, 7) is 0. The molecular weight excluding hydrogens is 170 g/mol. The van der Waals surface area contributed by atoms with Crippen LogP contribution in [0.4, 0.5) is 0 Å². The van der Waals surface area contributed by atoms with E-state index in [0.717, 1.165) is 11.3 Å². The first-order chi connectivity index (χ1) is 5.88. The Balaban J connectivity index is 2.31. The van der Waals surface area contributed by atoms with E-state index in [9.17, 15) is 5.21 Å². The molecule has 2 nitrogen and oxygen atoms in total. The van der Waals surface area contributed by atoms with Gasteiger partial charge in [0.2, 0.25) is 0 Å². The van der Waals surface area contributed by atoms with Crippen LogP contribution in [0.1, 0.15) is 5.56 Å². The molecule has 0 amide bonds. The lowest BCUT2D eigenvalue weighted by Crippen LogP contribution is -2.11. The molecule has 1 aromatic rings. The number of nitrogens with zero attached hydrogens (tertiary/aromatic N) is 1. The first-order valence-corrected chi connectivity index (χ1v) is 4.76. The number of hydrogen-bond acceptors (Lipinski definition) is 3. The van der Waals surface area contributed by atoms with Crippen molar-refractivity contribution in [2.75, 3.05) is 5.88 Å². The summed E-state index contributed by atoms with van der Waals surface area (Å²) in [4.78, 5) is 0. The number of hydrogen-bond donors (Lipinski definition) is 1. The monoisotopic (exact) mass is 179 g/mol. The van der Waals surface area contributed by atoms with Gasteiger partial charge in [0.15, 0.2) is 0 Å². The van der Waals surface area contributed by atoms with Gasteiger partial charge in [-0.15, -0.1) is 11.8 Å². The SMILES string of the molecule is ON1CSC=C1c1ccccc1. The smallest absolute Gasteiger partial charge is 0.0949 e. The van der Waals surface area contributed by atoms with E-state index in [1.165, 1.54) is 5.06 Å². The van der Waals surface area contributed by atoms with E-state index in [2.05, 4.69) is 0 Å². The molecular formula is C9H9NOS. The highest BCUT2D eigenvalue weighted by molar-refractivity contribution is 8.02. The second-order valence-electron chi connectivity index (χ2n) is 2.56. The van der Waals surface area contributed by atoms with Crippen molar-refractivity contribution in [3.8, 4) is 0 Å². The Morgan fingerprint density at radius 3 is 2.58 bits per heavy atom. The van der Waals surface area contributed by atoms with Gasteiger partial charge in [-0.25, -0.2) is 5.06 Å². The Hall–Kier alpha value is -0.930. The molecule has 0 aromatic heterocycles. The van der Waals surface area contributed by atoms with Gasteiger partial charge in [-0.2, -0.15) is 0 Å². The van der Waals surface area contributed by atoms with Crippen molar-refractivity contribution in [2.24, 2.45) is 0 Å². The normalized spacial score (nSPS) is 16.4. The summed E-state index contributed by atoms with van der Waals surface area (Å²) in [5.74, 6) is 0.629. The quantitative estimate of drug-likeness (QED) is 0.716. The zero-order chi connectivity index (χ0) is 8.39. The molecule has 1 aromatic carbocycles. The van der Waals surface area contributed by atoms with Crippen molar-refractivity contribution >= 4 is 17.5 Å². The predicted octanol–water partition coefficient (Wildman–Crippen LogP) is 2.38. The van der Waals surface area contributed by atoms with Gasteiger partial charge in [0.25, 0.3) is 0 Å². The lowest BCUT2D eigenvalue weighted by atomic mass is 10.2. The van der Waals surface area contributed by atoms with Crippen LogP contribution in [0.3, 0.4) is 0 Å². The Kier molecular flexibility index (Phi) is 2.06. The summed E-state index contributed by atoms with van der Waals surface area (Å²) in [5.41, 5.74) is 1.95. The van der Waals surface area contributed by atoms with Crippen molar-refractivity contribution in [1.82, 2.24) is 5.06 Å². The van der Waals surface area contributed by atoms with E-state index < -0.39 is 0 Å². The van der Waals surface area contributed by atoms with Gasteiger partial charge in [0.1, 0.15) is 0 Å². The third-order valence-electron chi connectivity index (χ3n) is 1.74. The second-order valence-corrected chi connectivity index (χ2v) is 3.39. The molecule has 0 fully saturated rings. The van der Waals surface area contributed by atoms with Gasteiger partial charge in [0.05, 0.1) is 11.6 Å². The average Bonchev–Trinajstić information content (AvgIpc) is 2.53. The van der Waals surface area contributed by atoms with Crippen LogP contribution in [0.5, 0.6) is 0 Å². The van der Waals surface area contributed by atoms with E-state index in [0.29, 0.717) is 5.88 Å². The summed E-state index contributed by atoms with van der Waals surface area (Å²) in [5, 5.41) is 12.6. The van der Waals surface area contributed by atoms with Crippen LogP contribution in [-0.2, 0) is 0 Å². The van der Waals surface area contributed by atoms with E-state index in [-0.39, 0.29) is 0 Å². The molecule has 1 N–H and O–H groups in total. The molecule has 0 unspecified atom stereocenters. The summed E-state index contributed by atoms with van der Waals surface area (Å²) >= 11 is 1.60. The van der Waals surface area contributed by atoms with Crippen molar-refractivity contribution in [1.29, 1.82) is 0 Å². The number of thioether (sulfide) groups is 1. The van der Waals surface area contributed by atoms with E-state index >= 15 is 0 Å². The van der Waals surface area contributed by atoms with Gasteiger partial charge >= 0.3 is 0 Å². The van der Waals surface area contributed by atoms with Crippen LogP contribution >= 0.6 is 11.8 Å². The fourth-order valence-electron chi connectivity index (χ4n) is 1.14. The molecule has 0 radical (unpaired) electrons. The fraction of sp³-hybridized carbons (Fsp3) is 0.111. The van der Waals surface area contributed by atoms with Gasteiger partial charge in [-0.05, 0) is 5.41 Å². The molecule has 0 saturated heterocycles. The summed E-state index contributed by atoms with van der Waals surface area (Å²) < 4.78 is 0. The Labute approximate surface area is 75.5 Å². The molecule has 1 heterocycles. The van der Waals surface area contributed by atoms with Crippen LogP contribution in [0.15, 0.2) is 35.7 Å². The lowest BCUT2D eigenvalue weighted by molar-refractivity contribution is -0.00409. The summed E-state index contributed by atoms with van der Waals surface area (Å²) in [7, 11) is 0. The highest BCUT2D eigenvalue weighted by Gasteiger charge is 2.13. The van der Waals surface area contributed by atoms with Gasteiger partial charge < -0.3 is 0 Å². The molecule has 1 aliphatic heterocycles. The Morgan fingerprint density at radius 2 is 2.00 bits per heavy atom. The Bertz CT molecular complexity index is 297. The average molecular weight is 179 g/mol. The molecule has 2 rings (SSSR count). The summed E-state index contributed by atoms with van der Waals surface area (Å²) in [6, 6.07) is 9.87. The lowest BCUT2D eigenvalue weighted by Gasteiger charge is -2.12. The van der Waals surface area contributed by atoms with Gasteiger partial charge in [-0.1, -0.05) is 30.3 Å². The number of benzene rings is 1. The van der Waals surface area contributed by atoms with Gasteiger partial charge in [0, 0.05) is 5.56 Å². The maximum Gasteiger partial charge on any atom is 0.0949 e. The molecule has 0 saturated carbocycles. The van der Waals surface area contributed by atoms with Crippen LogP contribution in [-0.4, -0.2) is 16.1 Å². The molecule has 12 heavy (non-hydrogen) atoms. The maximum absolute atomic E-state index is 9.39. The standard InChI is InChI=1S/C9H9NOS/c11-10-7-12-6-9(10)8-4-2-1-3-5-8/h1-6,11H,7H2. The number of hydroxylamine groups is 2. The maximum atomic E-state index is 9.39. The van der Waals surface area contributed by atoms with Crippen LogP contribution in [0.25, 0.3) is 5.70 Å². The van der Waals surface area contributed by atoms with Crippen LogP contribution in [0, 0.1) is 0 Å². The van der Waals surface area contributed by atoms with E-state index in [1.807, 2.05) is 35.7 Å². The highest BCUT2D eigenvalue weighted by atomic mass is 32.2. The highest BCUT2D eigenvalue weighted by Crippen LogP contribution is 2.28. The third-order valence-corrected chi connectivity index (χ3v) is 2.52. The predicted molar refractivity (Wildman–Crippen MR) is 50.5 cm³/mol. The molecule has 3 heteroatoms. The molecule has 0 bridgehead atoms. The molecule has 1 aliphatic rings. The largest absolute Gasteiger partial charge is 0.288 e. The first kappa shape index (κ1) is 7.71. The van der Waals surface area contributed by atoms with Crippen molar-refractivity contribution in [3.63, 3.8) is 0 Å². The van der Waals surface area contributed by atoms with Crippen molar-refractivity contribution in [2.45, 2.75) is 0 Å². The van der Waals surface area contributed by atoms with Crippen LogP contribution < -0.4 is 0 Å². The number of rotatable bonds is 1. The zero-order valence-electron chi connectivity index (χ0n) is 6.47. The van der Waals surface area contributed by atoms with E-state index in [1.54, 1.807) is 11.8 Å². The van der Waals surface area contributed by atoms with Crippen LogP contribution in [0.2, 0.25) is 0 Å². The minimum atomic E-state index is 0.629. The topological polar surface area (TPSA) is 23.5 Å². The minimum absolute atomic E-state index is 0.629. The fourth-order valence-corrected chi connectivity index (χ4v) is 1.91. The third kappa shape index (κ3) is 1.33. The second kappa shape index (κ2) is 3.21. The Morgan fingerprint density at radius 1 is 1.25 bits per heavy atom. The zero-order valence-corrected chi connectivity index (χ0v) is 7.29. The van der Waals surface area contributed by atoms with E-state index in [4.69, 9.17) is 0 Å². The molecule has 62 valence electrons. The molecule has 0 atom stereocenters. The molecule has 0 spiro atoms. The summed E-state index contributed by atoms with van der Waals surface area (Å²) in [6.07, 6.45) is 0. The first-order valence-electron chi connectivity index (χ1n) is 3.71.